The fourth-order valence-electron chi connectivity index (χ4n) is 1.53. The first-order valence-electron chi connectivity index (χ1n) is 6.45. The second kappa shape index (κ2) is 8.01. The highest BCUT2D eigenvalue weighted by atomic mass is 32.2. The van der Waals surface area contributed by atoms with E-state index in [1.165, 1.54) is 0 Å². The summed E-state index contributed by atoms with van der Waals surface area (Å²) >= 11 is 1.69. The Balaban J connectivity index is 2.27. The third-order valence-electron chi connectivity index (χ3n) is 2.63. The van der Waals surface area contributed by atoms with E-state index in [0.717, 1.165) is 17.3 Å². The van der Waals surface area contributed by atoms with Gasteiger partial charge in [-0.25, -0.2) is 4.79 Å². The monoisotopic (exact) mass is 298 g/mol. The molecule has 0 bridgehead atoms. The van der Waals surface area contributed by atoms with Gasteiger partial charge in [0.15, 0.2) is 0 Å². The summed E-state index contributed by atoms with van der Waals surface area (Å²) in [7, 11) is 0. The molecule has 1 rings (SSSR count). The van der Waals surface area contributed by atoms with E-state index in [1.807, 2.05) is 6.08 Å². The Morgan fingerprint density at radius 3 is 2.90 bits per heavy atom. The van der Waals surface area contributed by atoms with Crippen molar-refractivity contribution < 1.29 is 14.3 Å². The molecule has 5 nitrogen and oxygen atoms in total. The molecular formula is C14H22N2O3S. The van der Waals surface area contributed by atoms with Gasteiger partial charge in [-0.05, 0) is 26.0 Å². The number of hydrogen-bond acceptors (Lipinski definition) is 4. The first-order chi connectivity index (χ1) is 9.45. The SMILES string of the molecule is C=CCSCCNC(=O)NCC(C)(O)c1ccc(C)o1. The van der Waals surface area contributed by atoms with E-state index in [0.29, 0.717) is 12.3 Å². The summed E-state index contributed by atoms with van der Waals surface area (Å²) in [6.45, 7) is 7.70. The lowest BCUT2D eigenvalue weighted by Gasteiger charge is -2.21. The van der Waals surface area contributed by atoms with Gasteiger partial charge >= 0.3 is 6.03 Å². The number of rotatable bonds is 8. The van der Waals surface area contributed by atoms with E-state index in [-0.39, 0.29) is 12.6 Å². The minimum absolute atomic E-state index is 0.0889. The lowest BCUT2D eigenvalue weighted by molar-refractivity contribution is 0.0360. The number of amides is 2. The number of thioether (sulfide) groups is 1. The molecule has 0 fully saturated rings. The number of aliphatic hydroxyl groups is 1. The number of carbonyl (C=O) groups is 1. The number of urea groups is 1. The van der Waals surface area contributed by atoms with Crippen molar-refractivity contribution in [2.45, 2.75) is 19.4 Å². The molecule has 1 aromatic heterocycles. The van der Waals surface area contributed by atoms with Crippen LogP contribution in [0, 0.1) is 6.92 Å². The highest BCUT2D eigenvalue weighted by Gasteiger charge is 2.27. The van der Waals surface area contributed by atoms with Gasteiger partial charge in [0.2, 0.25) is 0 Å². The van der Waals surface area contributed by atoms with Crippen LogP contribution in [0.2, 0.25) is 0 Å². The van der Waals surface area contributed by atoms with Gasteiger partial charge in [0, 0.05) is 18.1 Å². The third kappa shape index (κ3) is 5.71. The number of hydrogen-bond donors (Lipinski definition) is 3. The van der Waals surface area contributed by atoms with Gasteiger partial charge in [0.1, 0.15) is 17.1 Å². The maximum absolute atomic E-state index is 11.6. The van der Waals surface area contributed by atoms with E-state index in [9.17, 15) is 9.90 Å². The number of aryl methyl sites for hydroxylation is 1. The smallest absolute Gasteiger partial charge is 0.314 e. The van der Waals surface area contributed by atoms with Crippen molar-refractivity contribution in [2.75, 3.05) is 24.6 Å². The Morgan fingerprint density at radius 2 is 2.30 bits per heavy atom. The van der Waals surface area contributed by atoms with Crippen LogP contribution in [-0.2, 0) is 5.60 Å². The molecule has 6 heteroatoms. The molecule has 0 radical (unpaired) electrons. The first kappa shape index (κ1) is 16.7. The topological polar surface area (TPSA) is 74.5 Å². The summed E-state index contributed by atoms with van der Waals surface area (Å²) in [6.07, 6.45) is 1.83. The molecule has 0 spiro atoms. The van der Waals surface area contributed by atoms with E-state index in [4.69, 9.17) is 4.42 Å². The Kier molecular flexibility index (Phi) is 6.67. The van der Waals surface area contributed by atoms with Crippen molar-refractivity contribution in [3.63, 3.8) is 0 Å². The van der Waals surface area contributed by atoms with E-state index >= 15 is 0 Å². The maximum Gasteiger partial charge on any atom is 0.314 e. The van der Waals surface area contributed by atoms with E-state index in [2.05, 4.69) is 17.2 Å². The average Bonchev–Trinajstić information content (AvgIpc) is 2.84. The van der Waals surface area contributed by atoms with Crippen molar-refractivity contribution in [2.24, 2.45) is 0 Å². The maximum atomic E-state index is 11.6. The molecule has 0 saturated heterocycles. The quantitative estimate of drug-likeness (QED) is 0.507. The van der Waals surface area contributed by atoms with E-state index in [1.54, 1.807) is 37.7 Å². The van der Waals surface area contributed by atoms with Crippen LogP contribution in [-0.4, -0.2) is 35.7 Å². The zero-order valence-corrected chi connectivity index (χ0v) is 12.8. The summed E-state index contributed by atoms with van der Waals surface area (Å²) in [5, 5.41) is 15.6. The summed E-state index contributed by atoms with van der Waals surface area (Å²) in [6, 6.07) is 3.19. The first-order valence-corrected chi connectivity index (χ1v) is 7.61. The van der Waals surface area contributed by atoms with Crippen LogP contribution >= 0.6 is 11.8 Å². The molecule has 0 aliphatic rings. The summed E-state index contributed by atoms with van der Waals surface area (Å²) in [5.74, 6) is 2.86. The number of carbonyl (C=O) groups excluding carboxylic acids is 1. The number of furan rings is 1. The molecule has 1 aromatic rings. The van der Waals surface area contributed by atoms with Gasteiger partial charge < -0.3 is 20.2 Å². The van der Waals surface area contributed by atoms with Crippen LogP contribution in [0.1, 0.15) is 18.4 Å². The van der Waals surface area contributed by atoms with Crippen molar-refractivity contribution in [1.82, 2.24) is 10.6 Å². The van der Waals surface area contributed by atoms with Gasteiger partial charge in [-0.2, -0.15) is 11.8 Å². The van der Waals surface area contributed by atoms with Crippen molar-refractivity contribution >= 4 is 17.8 Å². The summed E-state index contributed by atoms with van der Waals surface area (Å²) in [5.41, 5.74) is -1.22. The molecule has 1 atom stereocenters. The van der Waals surface area contributed by atoms with Crippen LogP contribution in [0.3, 0.4) is 0 Å². The molecule has 0 aromatic carbocycles. The third-order valence-corrected chi connectivity index (χ3v) is 3.60. The van der Waals surface area contributed by atoms with Gasteiger partial charge in [0.25, 0.3) is 0 Å². The van der Waals surface area contributed by atoms with E-state index < -0.39 is 5.60 Å². The lowest BCUT2D eigenvalue weighted by Crippen LogP contribution is -2.43. The molecule has 1 unspecified atom stereocenters. The standard InChI is InChI=1S/C14H22N2O3S/c1-4-8-20-9-7-15-13(17)16-10-14(3,18)12-6-5-11(2)19-12/h4-6,18H,1,7-10H2,2-3H3,(H2,15,16,17). The Bertz CT molecular complexity index is 443. The van der Waals surface area contributed by atoms with Crippen LogP contribution in [0.4, 0.5) is 4.79 Å². The average molecular weight is 298 g/mol. The molecule has 2 amide bonds. The normalized spacial score (nSPS) is 13.6. The minimum atomic E-state index is -1.22. The largest absolute Gasteiger partial charge is 0.463 e. The molecule has 0 aliphatic heterocycles. The highest BCUT2D eigenvalue weighted by molar-refractivity contribution is 7.99. The summed E-state index contributed by atoms with van der Waals surface area (Å²) in [4.78, 5) is 11.6. The Morgan fingerprint density at radius 1 is 1.55 bits per heavy atom. The molecule has 3 N–H and O–H groups in total. The molecule has 112 valence electrons. The van der Waals surface area contributed by atoms with Gasteiger partial charge in [-0.3, -0.25) is 0 Å². The van der Waals surface area contributed by atoms with Crippen molar-refractivity contribution in [3.05, 3.63) is 36.3 Å². The summed E-state index contributed by atoms with van der Waals surface area (Å²) < 4.78 is 5.37. The van der Waals surface area contributed by atoms with Crippen LogP contribution in [0.25, 0.3) is 0 Å². The zero-order chi connectivity index (χ0) is 15.0. The highest BCUT2D eigenvalue weighted by Crippen LogP contribution is 2.21. The predicted molar refractivity (Wildman–Crippen MR) is 81.9 cm³/mol. The van der Waals surface area contributed by atoms with Crippen LogP contribution in [0.15, 0.2) is 29.2 Å². The number of nitrogens with one attached hydrogen (secondary N) is 2. The molecule has 0 saturated carbocycles. The van der Waals surface area contributed by atoms with Gasteiger partial charge in [0.05, 0.1) is 6.54 Å². The van der Waals surface area contributed by atoms with Crippen LogP contribution < -0.4 is 10.6 Å². The molecule has 0 aliphatic carbocycles. The van der Waals surface area contributed by atoms with Gasteiger partial charge in [-0.15, -0.1) is 6.58 Å². The zero-order valence-electron chi connectivity index (χ0n) is 11.9. The van der Waals surface area contributed by atoms with Gasteiger partial charge in [-0.1, -0.05) is 6.08 Å². The fourth-order valence-corrected chi connectivity index (χ4v) is 2.11. The molecule has 1 heterocycles. The Labute approximate surface area is 123 Å². The predicted octanol–water partition coefficient (Wildman–Crippen LogP) is 2.01. The lowest BCUT2D eigenvalue weighted by atomic mass is 10.0. The second-order valence-electron chi connectivity index (χ2n) is 4.66. The van der Waals surface area contributed by atoms with Crippen molar-refractivity contribution in [1.29, 1.82) is 0 Å². The Hall–Kier alpha value is -1.40. The minimum Gasteiger partial charge on any atom is -0.463 e. The molecular weight excluding hydrogens is 276 g/mol. The molecule has 20 heavy (non-hydrogen) atoms. The second-order valence-corrected chi connectivity index (χ2v) is 5.81. The van der Waals surface area contributed by atoms with Crippen LogP contribution in [0.5, 0.6) is 0 Å². The van der Waals surface area contributed by atoms with Crippen molar-refractivity contribution in [3.8, 4) is 0 Å². The fraction of sp³-hybridized carbons (Fsp3) is 0.500.